The Balaban J connectivity index is 2.57. The Labute approximate surface area is 141 Å². The summed E-state index contributed by atoms with van der Waals surface area (Å²) in [6, 6.07) is 9.01. The lowest BCUT2D eigenvalue weighted by Crippen LogP contribution is -2.24. The Hall–Kier alpha value is -2.69. The molecule has 0 aliphatic heterocycles. The van der Waals surface area contributed by atoms with Gasteiger partial charge in [-0.1, -0.05) is 46.6 Å². The molecule has 0 unspecified atom stereocenters. The summed E-state index contributed by atoms with van der Waals surface area (Å²) in [4.78, 5) is 29.9. The molecule has 1 aliphatic carbocycles. The number of rotatable bonds is 5. The van der Waals surface area contributed by atoms with Crippen molar-refractivity contribution >= 4 is 17.5 Å². The molecule has 0 spiro atoms. The van der Waals surface area contributed by atoms with Crippen LogP contribution in [0.25, 0.3) is 0 Å². The predicted octanol–water partition coefficient (Wildman–Crippen LogP) is 3.47. The number of ether oxygens (including phenoxy) is 1. The van der Waals surface area contributed by atoms with Gasteiger partial charge in [-0.15, -0.1) is 0 Å². The van der Waals surface area contributed by atoms with Gasteiger partial charge in [0.05, 0.1) is 7.11 Å². The van der Waals surface area contributed by atoms with Crippen LogP contribution >= 0.6 is 0 Å². The van der Waals surface area contributed by atoms with Crippen LogP contribution in [0.3, 0.4) is 0 Å². The van der Waals surface area contributed by atoms with Crippen LogP contribution in [0.15, 0.2) is 57.8 Å². The van der Waals surface area contributed by atoms with Crippen LogP contribution in [-0.2, 0) is 14.4 Å². The van der Waals surface area contributed by atoms with Crippen molar-refractivity contribution < 1.29 is 19.2 Å². The molecule has 1 aromatic rings. The molecule has 5 heteroatoms. The SMILES string of the molecule is CO/N=C(\C(=O)OC)C1=C(C(=O)c2ccccc2)CC(C)=C(C)C1. The number of ketones is 1. The number of benzene rings is 1. The van der Waals surface area contributed by atoms with Crippen LogP contribution in [0.5, 0.6) is 0 Å². The van der Waals surface area contributed by atoms with Gasteiger partial charge in [0.1, 0.15) is 7.11 Å². The smallest absolute Gasteiger partial charge is 0.360 e. The summed E-state index contributed by atoms with van der Waals surface area (Å²) in [5.41, 5.74) is 4.00. The molecule has 126 valence electrons. The predicted molar refractivity (Wildman–Crippen MR) is 91.9 cm³/mol. The topological polar surface area (TPSA) is 65.0 Å². The maximum atomic E-state index is 13.0. The van der Waals surface area contributed by atoms with Gasteiger partial charge in [0.2, 0.25) is 0 Å². The van der Waals surface area contributed by atoms with Gasteiger partial charge in [0, 0.05) is 16.7 Å². The first-order valence-electron chi connectivity index (χ1n) is 7.66. The fourth-order valence-electron chi connectivity index (χ4n) is 2.66. The minimum absolute atomic E-state index is 0.0473. The zero-order valence-corrected chi connectivity index (χ0v) is 14.4. The molecular weight excluding hydrogens is 306 g/mol. The first-order valence-corrected chi connectivity index (χ1v) is 7.66. The first-order chi connectivity index (χ1) is 11.5. The molecule has 24 heavy (non-hydrogen) atoms. The summed E-state index contributed by atoms with van der Waals surface area (Å²) in [6.07, 6.45) is 0.950. The molecule has 0 bridgehead atoms. The Morgan fingerprint density at radius 2 is 1.54 bits per heavy atom. The van der Waals surface area contributed by atoms with Crippen molar-refractivity contribution in [1.82, 2.24) is 0 Å². The van der Waals surface area contributed by atoms with Crippen molar-refractivity contribution in [2.75, 3.05) is 14.2 Å². The molecule has 0 fully saturated rings. The number of esters is 1. The minimum Gasteiger partial charge on any atom is -0.464 e. The van der Waals surface area contributed by atoms with Crippen molar-refractivity contribution in [1.29, 1.82) is 0 Å². The molecule has 5 nitrogen and oxygen atoms in total. The molecule has 0 saturated carbocycles. The molecule has 2 rings (SSSR count). The van der Waals surface area contributed by atoms with E-state index in [0.29, 0.717) is 29.6 Å². The molecule has 0 radical (unpaired) electrons. The fourth-order valence-corrected chi connectivity index (χ4v) is 2.66. The van der Waals surface area contributed by atoms with Gasteiger partial charge in [0.25, 0.3) is 0 Å². The third-order valence-electron chi connectivity index (χ3n) is 4.13. The molecule has 0 N–H and O–H groups in total. The van der Waals surface area contributed by atoms with Crippen LogP contribution < -0.4 is 0 Å². The van der Waals surface area contributed by atoms with Crippen molar-refractivity contribution in [3.8, 4) is 0 Å². The summed E-state index contributed by atoms with van der Waals surface area (Å²) in [6.45, 7) is 3.98. The number of allylic oxidation sites excluding steroid dienone is 3. The third kappa shape index (κ3) is 3.62. The third-order valence-corrected chi connectivity index (χ3v) is 4.13. The molecular formula is C19H21NO4. The normalized spacial score (nSPS) is 15.4. The van der Waals surface area contributed by atoms with Crippen LogP contribution in [0.4, 0.5) is 0 Å². The van der Waals surface area contributed by atoms with E-state index in [4.69, 9.17) is 9.57 Å². The summed E-state index contributed by atoms with van der Waals surface area (Å²) >= 11 is 0. The van der Waals surface area contributed by atoms with Gasteiger partial charge < -0.3 is 9.57 Å². The molecule has 0 amide bonds. The second-order valence-corrected chi connectivity index (χ2v) is 5.68. The van der Waals surface area contributed by atoms with Gasteiger partial charge >= 0.3 is 5.97 Å². The lowest BCUT2D eigenvalue weighted by Gasteiger charge is -2.22. The lowest BCUT2D eigenvalue weighted by atomic mass is 9.82. The lowest BCUT2D eigenvalue weighted by molar-refractivity contribution is -0.132. The maximum absolute atomic E-state index is 13.0. The van der Waals surface area contributed by atoms with E-state index in [2.05, 4.69) is 5.16 Å². The van der Waals surface area contributed by atoms with Gasteiger partial charge in [0.15, 0.2) is 11.5 Å². The molecule has 0 heterocycles. The summed E-state index contributed by atoms with van der Waals surface area (Å²) in [7, 11) is 2.64. The standard InChI is InChI=1S/C19H21NO4/c1-12-10-15(17(20-24-4)19(22)23-3)16(11-13(12)2)18(21)14-8-6-5-7-9-14/h5-9H,10-11H2,1-4H3/b20-17-. The number of oxime groups is 1. The summed E-state index contributed by atoms with van der Waals surface area (Å²) < 4.78 is 4.80. The largest absolute Gasteiger partial charge is 0.464 e. The van der Waals surface area contributed by atoms with Crippen molar-refractivity contribution in [3.63, 3.8) is 0 Å². The average molecular weight is 327 g/mol. The van der Waals surface area contributed by atoms with Crippen molar-refractivity contribution in [3.05, 3.63) is 58.2 Å². The minimum atomic E-state index is -0.613. The molecule has 1 aliphatic rings. The highest BCUT2D eigenvalue weighted by molar-refractivity contribution is 6.44. The zero-order valence-electron chi connectivity index (χ0n) is 14.4. The Bertz CT molecular complexity index is 742. The molecule has 0 atom stereocenters. The van der Waals surface area contributed by atoms with E-state index < -0.39 is 5.97 Å². The highest BCUT2D eigenvalue weighted by Crippen LogP contribution is 2.32. The van der Waals surface area contributed by atoms with Gasteiger partial charge in [-0.05, 0) is 26.7 Å². The van der Waals surface area contributed by atoms with Crippen LogP contribution in [0.1, 0.15) is 37.0 Å². The molecule has 1 aromatic carbocycles. The highest BCUT2D eigenvalue weighted by Gasteiger charge is 2.29. The summed E-state index contributed by atoms with van der Waals surface area (Å²) in [5.74, 6) is -0.720. The maximum Gasteiger partial charge on any atom is 0.360 e. The number of Topliss-reactive ketones (excluding diaryl/α,β-unsaturated/α-hetero) is 1. The van der Waals surface area contributed by atoms with Crippen molar-refractivity contribution in [2.24, 2.45) is 5.16 Å². The fraction of sp³-hybridized carbons (Fsp3) is 0.316. The van der Waals surface area contributed by atoms with E-state index in [1.165, 1.54) is 14.2 Å². The van der Waals surface area contributed by atoms with Crippen LogP contribution in [0.2, 0.25) is 0 Å². The number of hydrogen-bond acceptors (Lipinski definition) is 5. The number of carbonyl (C=O) groups is 2. The van der Waals surface area contributed by atoms with Crippen molar-refractivity contribution in [2.45, 2.75) is 26.7 Å². The second kappa shape index (κ2) is 7.73. The van der Waals surface area contributed by atoms with E-state index >= 15 is 0 Å². The number of nitrogens with zero attached hydrogens (tertiary/aromatic N) is 1. The number of carbonyl (C=O) groups excluding carboxylic acids is 2. The molecule has 0 aromatic heterocycles. The van der Waals surface area contributed by atoms with E-state index in [1.807, 2.05) is 32.0 Å². The number of methoxy groups -OCH3 is 1. The zero-order chi connectivity index (χ0) is 17.7. The van der Waals surface area contributed by atoms with Gasteiger partial charge in [-0.2, -0.15) is 0 Å². The Morgan fingerprint density at radius 3 is 2.08 bits per heavy atom. The highest BCUT2D eigenvalue weighted by atomic mass is 16.6. The second-order valence-electron chi connectivity index (χ2n) is 5.68. The molecule has 0 saturated heterocycles. The number of hydrogen-bond donors (Lipinski definition) is 0. The van der Waals surface area contributed by atoms with E-state index in [9.17, 15) is 9.59 Å². The summed E-state index contributed by atoms with van der Waals surface area (Å²) in [5, 5.41) is 3.81. The van der Waals surface area contributed by atoms with Gasteiger partial charge in [-0.25, -0.2) is 4.79 Å². The Morgan fingerprint density at radius 1 is 0.958 bits per heavy atom. The van der Waals surface area contributed by atoms with E-state index in [-0.39, 0.29) is 11.5 Å². The first kappa shape index (κ1) is 17.7. The van der Waals surface area contributed by atoms with E-state index in [1.54, 1.807) is 12.1 Å². The average Bonchev–Trinajstić information content (AvgIpc) is 2.61. The monoisotopic (exact) mass is 327 g/mol. The quantitative estimate of drug-likeness (QED) is 0.273. The van der Waals surface area contributed by atoms with E-state index in [0.717, 1.165) is 11.1 Å². The van der Waals surface area contributed by atoms with Crippen LogP contribution in [-0.4, -0.2) is 31.7 Å². The van der Waals surface area contributed by atoms with Crippen LogP contribution in [0, 0.1) is 0 Å². The Kier molecular flexibility index (Phi) is 5.68. The van der Waals surface area contributed by atoms with Gasteiger partial charge in [-0.3, -0.25) is 4.79 Å².